The van der Waals surface area contributed by atoms with Crippen molar-refractivity contribution in [2.24, 2.45) is 5.73 Å². The monoisotopic (exact) mass is 299 g/mol. The third-order valence-corrected chi connectivity index (χ3v) is 3.03. The number of rotatable bonds is 5. The minimum absolute atomic E-state index is 0. The lowest BCUT2D eigenvalue weighted by atomic mass is 10.1. The van der Waals surface area contributed by atoms with Crippen molar-refractivity contribution in [3.05, 3.63) is 35.4 Å². The molecule has 1 unspecified atom stereocenters. The molecule has 0 saturated carbocycles. The molecule has 20 heavy (non-hydrogen) atoms. The Balaban J connectivity index is 0.00000361. The first-order valence-electron chi connectivity index (χ1n) is 6.29. The van der Waals surface area contributed by atoms with Crippen LogP contribution >= 0.6 is 12.4 Å². The van der Waals surface area contributed by atoms with Crippen LogP contribution in [0.1, 0.15) is 24.1 Å². The number of carbonyl (C=O) groups excluding carboxylic acids is 2. The smallest absolute Gasteiger partial charge is 0.241 e. The van der Waals surface area contributed by atoms with Gasteiger partial charge in [-0.05, 0) is 19.4 Å². The Morgan fingerprint density at radius 3 is 2.35 bits per heavy atom. The third kappa shape index (κ3) is 5.19. The number of amides is 2. The molecule has 0 saturated heterocycles. The van der Waals surface area contributed by atoms with Gasteiger partial charge in [0.15, 0.2) is 0 Å². The SMILES string of the molecule is CCN(C)C(=O)CNC(=O)C(N)c1ccc(C)cc1.Cl. The van der Waals surface area contributed by atoms with Gasteiger partial charge in [-0.2, -0.15) is 0 Å². The lowest BCUT2D eigenvalue weighted by Crippen LogP contribution is -2.41. The lowest BCUT2D eigenvalue weighted by Gasteiger charge is -2.16. The van der Waals surface area contributed by atoms with E-state index in [0.29, 0.717) is 6.54 Å². The first kappa shape index (κ1) is 18.4. The van der Waals surface area contributed by atoms with Crippen LogP contribution in [0.25, 0.3) is 0 Å². The van der Waals surface area contributed by atoms with E-state index in [1.165, 1.54) is 4.90 Å². The minimum atomic E-state index is -0.750. The van der Waals surface area contributed by atoms with Crippen molar-refractivity contribution in [3.63, 3.8) is 0 Å². The normalized spacial score (nSPS) is 11.2. The molecule has 1 atom stereocenters. The average molecular weight is 300 g/mol. The summed E-state index contributed by atoms with van der Waals surface area (Å²) in [5.41, 5.74) is 7.69. The van der Waals surface area contributed by atoms with E-state index in [9.17, 15) is 9.59 Å². The number of hydrogen-bond acceptors (Lipinski definition) is 3. The molecule has 0 aliphatic rings. The highest BCUT2D eigenvalue weighted by atomic mass is 35.5. The number of nitrogens with one attached hydrogen (secondary N) is 1. The van der Waals surface area contributed by atoms with Gasteiger partial charge in [0, 0.05) is 13.6 Å². The van der Waals surface area contributed by atoms with E-state index in [0.717, 1.165) is 11.1 Å². The van der Waals surface area contributed by atoms with Gasteiger partial charge in [0.2, 0.25) is 11.8 Å². The van der Waals surface area contributed by atoms with Crippen molar-refractivity contribution in [2.75, 3.05) is 20.1 Å². The summed E-state index contributed by atoms with van der Waals surface area (Å²) < 4.78 is 0. The molecule has 1 aromatic rings. The van der Waals surface area contributed by atoms with Gasteiger partial charge >= 0.3 is 0 Å². The number of nitrogens with zero attached hydrogens (tertiary/aromatic N) is 1. The molecule has 6 heteroatoms. The molecule has 5 nitrogen and oxygen atoms in total. The molecule has 0 spiro atoms. The van der Waals surface area contributed by atoms with Crippen LogP contribution in [-0.2, 0) is 9.59 Å². The Kier molecular flexibility index (Phi) is 7.87. The van der Waals surface area contributed by atoms with Gasteiger partial charge < -0.3 is 16.0 Å². The fourth-order valence-electron chi connectivity index (χ4n) is 1.51. The predicted octanol–water partition coefficient (Wildman–Crippen LogP) is 1.01. The zero-order valence-corrected chi connectivity index (χ0v) is 12.9. The molecule has 1 aromatic carbocycles. The fourth-order valence-corrected chi connectivity index (χ4v) is 1.51. The van der Waals surface area contributed by atoms with Gasteiger partial charge in [-0.15, -0.1) is 12.4 Å². The Hall–Kier alpha value is -1.59. The summed E-state index contributed by atoms with van der Waals surface area (Å²) in [7, 11) is 1.69. The number of nitrogens with two attached hydrogens (primary N) is 1. The zero-order valence-electron chi connectivity index (χ0n) is 12.1. The van der Waals surface area contributed by atoms with E-state index < -0.39 is 6.04 Å². The van der Waals surface area contributed by atoms with Crippen LogP contribution in [0.4, 0.5) is 0 Å². The number of likely N-dealkylation sites (N-methyl/N-ethyl adjacent to an activating group) is 1. The summed E-state index contributed by atoms with van der Waals surface area (Å²) in [5.74, 6) is -0.478. The van der Waals surface area contributed by atoms with E-state index in [4.69, 9.17) is 5.73 Å². The van der Waals surface area contributed by atoms with Crippen LogP contribution in [0.2, 0.25) is 0 Å². The second-order valence-corrected chi connectivity index (χ2v) is 4.51. The third-order valence-electron chi connectivity index (χ3n) is 3.03. The lowest BCUT2D eigenvalue weighted by molar-refractivity contribution is -0.132. The molecule has 112 valence electrons. The zero-order chi connectivity index (χ0) is 14.4. The van der Waals surface area contributed by atoms with E-state index in [1.807, 2.05) is 38.1 Å². The molecular formula is C14H22ClN3O2. The molecule has 0 aliphatic carbocycles. The Morgan fingerprint density at radius 2 is 1.85 bits per heavy atom. The summed E-state index contributed by atoms with van der Waals surface area (Å²) in [5, 5.41) is 2.56. The molecule has 1 rings (SSSR count). The molecule has 0 bridgehead atoms. The van der Waals surface area contributed by atoms with Gasteiger partial charge in [-0.25, -0.2) is 0 Å². The number of halogens is 1. The van der Waals surface area contributed by atoms with Gasteiger partial charge in [0.1, 0.15) is 6.04 Å². The number of benzene rings is 1. The van der Waals surface area contributed by atoms with Crippen LogP contribution in [-0.4, -0.2) is 36.9 Å². The number of carbonyl (C=O) groups is 2. The van der Waals surface area contributed by atoms with Crippen LogP contribution in [0.3, 0.4) is 0 Å². The van der Waals surface area contributed by atoms with Crippen LogP contribution in [0.5, 0.6) is 0 Å². The van der Waals surface area contributed by atoms with Crippen molar-refractivity contribution < 1.29 is 9.59 Å². The first-order chi connectivity index (χ1) is 8.95. The van der Waals surface area contributed by atoms with Crippen molar-refractivity contribution >= 4 is 24.2 Å². The largest absolute Gasteiger partial charge is 0.345 e. The molecule has 2 amide bonds. The van der Waals surface area contributed by atoms with E-state index in [-0.39, 0.29) is 30.8 Å². The second-order valence-electron chi connectivity index (χ2n) is 4.51. The predicted molar refractivity (Wildman–Crippen MR) is 81.7 cm³/mol. The van der Waals surface area contributed by atoms with Crippen LogP contribution < -0.4 is 11.1 Å². The quantitative estimate of drug-likeness (QED) is 0.852. The highest BCUT2D eigenvalue weighted by molar-refractivity contribution is 5.88. The molecular weight excluding hydrogens is 278 g/mol. The molecule has 3 N–H and O–H groups in total. The second kappa shape index (κ2) is 8.55. The standard InChI is InChI=1S/C14H21N3O2.ClH/c1-4-17(3)12(18)9-16-14(19)13(15)11-7-5-10(2)6-8-11;/h5-8,13H,4,9,15H2,1-3H3,(H,16,19);1H. The van der Waals surface area contributed by atoms with Crippen molar-refractivity contribution in [2.45, 2.75) is 19.9 Å². The average Bonchev–Trinajstić information content (AvgIpc) is 2.43. The maximum Gasteiger partial charge on any atom is 0.241 e. The van der Waals surface area contributed by atoms with Crippen molar-refractivity contribution in [1.82, 2.24) is 10.2 Å². The van der Waals surface area contributed by atoms with E-state index in [2.05, 4.69) is 5.32 Å². The van der Waals surface area contributed by atoms with Gasteiger partial charge in [0.25, 0.3) is 0 Å². The highest BCUT2D eigenvalue weighted by Crippen LogP contribution is 2.11. The molecule has 0 fully saturated rings. The maximum atomic E-state index is 11.8. The fraction of sp³-hybridized carbons (Fsp3) is 0.429. The summed E-state index contributed by atoms with van der Waals surface area (Å²) in [6, 6.07) is 6.69. The van der Waals surface area contributed by atoms with Gasteiger partial charge in [0.05, 0.1) is 6.54 Å². The van der Waals surface area contributed by atoms with E-state index >= 15 is 0 Å². The minimum Gasteiger partial charge on any atom is -0.345 e. The molecule has 0 heterocycles. The maximum absolute atomic E-state index is 11.8. The topological polar surface area (TPSA) is 75.4 Å². The Labute approximate surface area is 125 Å². The summed E-state index contributed by atoms with van der Waals surface area (Å²) >= 11 is 0. The van der Waals surface area contributed by atoms with Crippen molar-refractivity contribution in [3.8, 4) is 0 Å². The molecule has 0 aliphatic heterocycles. The Bertz CT molecular complexity index is 448. The van der Waals surface area contributed by atoms with E-state index in [1.54, 1.807) is 7.05 Å². The molecule has 0 radical (unpaired) electrons. The molecule has 0 aromatic heterocycles. The van der Waals surface area contributed by atoms with Gasteiger partial charge in [-0.3, -0.25) is 9.59 Å². The van der Waals surface area contributed by atoms with Gasteiger partial charge in [-0.1, -0.05) is 29.8 Å². The first-order valence-corrected chi connectivity index (χ1v) is 6.29. The Morgan fingerprint density at radius 1 is 1.30 bits per heavy atom. The number of hydrogen-bond donors (Lipinski definition) is 2. The van der Waals surface area contributed by atoms with Crippen molar-refractivity contribution in [1.29, 1.82) is 0 Å². The highest BCUT2D eigenvalue weighted by Gasteiger charge is 2.17. The van der Waals surface area contributed by atoms with Crippen LogP contribution in [0.15, 0.2) is 24.3 Å². The summed E-state index contributed by atoms with van der Waals surface area (Å²) in [6.45, 7) is 4.42. The van der Waals surface area contributed by atoms with Crippen LogP contribution in [0, 0.1) is 6.92 Å². The number of aryl methyl sites for hydroxylation is 1. The summed E-state index contributed by atoms with van der Waals surface area (Å²) in [6.07, 6.45) is 0. The summed E-state index contributed by atoms with van der Waals surface area (Å²) in [4.78, 5) is 24.9.